The Balaban J connectivity index is 0.00000160. The zero-order valence-corrected chi connectivity index (χ0v) is 19.0. The van der Waals surface area contributed by atoms with Crippen molar-refractivity contribution in [3.05, 3.63) is 75.8 Å². The zero-order valence-electron chi connectivity index (χ0n) is 16.7. The summed E-state index contributed by atoms with van der Waals surface area (Å²) in [7, 11) is 1.77. The minimum absolute atomic E-state index is 0. The highest BCUT2D eigenvalue weighted by Gasteiger charge is 2.27. The summed E-state index contributed by atoms with van der Waals surface area (Å²) in [5.74, 6) is 0.673. The molecule has 1 unspecified atom stereocenters. The Morgan fingerprint density at radius 3 is 2.40 bits per heavy atom. The Morgan fingerprint density at radius 1 is 1.07 bits per heavy atom. The monoisotopic (exact) mass is 467 g/mol. The molecule has 1 N–H and O–H groups in total. The summed E-state index contributed by atoms with van der Waals surface area (Å²) < 4.78 is 1.61. The lowest BCUT2D eigenvalue weighted by Crippen LogP contribution is -2.52. The van der Waals surface area contributed by atoms with Gasteiger partial charge in [0.1, 0.15) is 0 Å². The highest BCUT2D eigenvalue weighted by Crippen LogP contribution is 2.25. The van der Waals surface area contributed by atoms with Crippen molar-refractivity contribution in [1.82, 2.24) is 19.9 Å². The molecular formula is C21H24Cl3N5O. The van der Waals surface area contributed by atoms with Crippen molar-refractivity contribution >= 4 is 42.4 Å². The Labute approximate surface area is 193 Å². The highest BCUT2D eigenvalue weighted by molar-refractivity contribution is 6.30. The highest BCUT2D eigenvalue weighted by atomic mass is 35.5. The third-order valence-electron chi connectivity index (χ3n) is 5.03. The van der Waals surface area contributed by atoms with Crippen LogP contribution in [0.3, 0.4) is 0 Å². The van der Waals surface area contributed by atoms with Crippen LogP contribution >= 0.6 is 36.4 Å². The first-order valence-corrected chi connectivity index (χ1v) is 9.64. The van der Waals surface area contributed by atoms with Gasteiger partial charge in [0.2, 0.25) is 5.95 Å². The van der Waals surface area contributed by atoms with Crippen molar-refractivity contribution in [2.45, 2.75) is 19.0 Å². The van der Waals surface area contributed by atoms with Crippen molar-refractivity contribution in [2.75, 3.05) is 18.0 Å². The van der Waals surface area contributed by atoms with E-state index in [0.717, 1.165) is 22.7 Å². The van der Waals surface area contributed by atoms with Gasteiger partial charge in [0.25, 0.3) is 5.56 Å². The van der Waals surface area contributed by atoms with Crippen LogP contribution in [0.5, 0.6) is 0 Å². The Hall–Kier alpha value is -2.12. The van der Waals surface area contributed by atoms with Gasteiger partial charge in [-0.25, -0.2) is 4.98 Å². The van der Waals surface area contributed by atoms with E-state index in [4.69, 9.17) is 16.6 Å². The molecule has 4 rings (SSSR count). The lowest BCUT2D eigenvalue weighted by Gasteiger charge is -2.39. The average Bonchev–Trinajstić information content (AvgIpc) is 2.70. The Bertz CT molecular complexity index is 1030. The minimum atomic E-state index is -0.0777. The summed E-state index contributed by atoms with van der Waals surface area (Å²) in [6.45, 7) is 3.62. The molecule has 3 aromatic rings. The van der Waals surface area contributed by atoms with Crippen molar-refractivity contribution < 1.29 is 0 Å². The standard InChI is InChI=1S/C21H22ClN5O.2ClH/c1-14-12-27(13-19(24-14)15-3-5-17(22)6-4-15)21-25-18(11-20(28)26(21)2)16-7-9-23-10-8-16;;/h3-11,14,19,24H,12-13H2,1-2H3;2*1H/t14?,19-;;/m1../s1. The third kappa shape index (κ3) is 5.13. The number of rotatable bonds is 3. The van der Waals surface area contributed by atoms with Crippen LogP contribution in [0.4, 0.5) is 5.95 Å². The number of halogens is 3. The summed E-state index contributed by atoms with van der Waals surface area (Å²) in [6, 6.07) is 13.6. The molecule has 30 heavy (non-hydrogen) atoms. The van der Waals surface area contributed by atoms with Gasteiger partial charge in [-0.1, -0.05) is 23.7 Å². The van der Waals surface area contributed by atoms with Crippen LogP contribution in [0.2, 0.25) is 5.02 Å². The number of anilines is 1. The zero-order chi connectivity index (χ0) is 19.7. The van der Waals surface area contributed by atoms with E-state index in [9.17, 15) is 4.79 Å². The van der Waals surface area contributed by atoms with Gasteiger partial charge in [0.05, 0.1) is 11.7 Å². The largest absolute Gasteiger partial charge is 0.339 e. The molecule has 1 aliphatic rings. The van der Waals surface area contributed by atoms with Crippen LogP contribution < -0.4 is 15.8 Å². The molecule has 6 nitrogen and oxygen atoms in total. The topological polar surface area (TPSA) is 63.1 Å². The molecule has 1 fully saturated rings. The normalized spacial score (nSPS) is 18.3. The van der Waals surface area contributed by atoms with Gasteiger partial charge in [0, 0.05) is 55.2 Å². The van der Waals surface area contributed by atoms with Crippen molar-refractivity contribution in [1.29, 1.82) is 0 Å². The van der Waals surface area contributed by atoms with E-state index in [0.29, 0.717) is 18.2 Å². The van der Waals surface area contributed by atoms with Crippen LogP contribution in [0.1, 0.15) is 18.5 Å². The molecular weight excluding hydrogens is 445 g/mol. The minimum Gasteiger partial charge on any atom is -0.339 e. The van der Waals surface area contributed by atoms with Gasteiger partial charge < -0.3 is 10.2 Å². The maximum absolute atomic E-state index is 12.6. The fourth-order valence-corrected chi connectivity index (χ4v) is 3.74. The number of pyridine rings is 1. The molecule has 1 saturated heterocycles. The number of nitrogens with one attached hydrogen (secondary N) is 1. The smallest absolute Gasteiger partial charge is 0.255 e. The number of hydrogen-bond donors (Lipinski definition) is 1. The molecule has 0 amide bonds. The van der Waals surface area contributed by atoms with Crippen molar-refractivity contribution in [2.24, 2.45) is 7.05 Å². The first-order chi connectivity index (χ1) is 13.5. The lowest BCUT2D eigenvalue weighted by atomic mass is 10.0. The maximum Gasteiger partial charge on any atom is 0.255 e. The fraction of sp³-hybridized carbons (Fsp3) is 0.286. The molecule has 2 aromatic heterocycles. The van der Waals surface area contributed by atoms with Crippen LogP contribution in [-0.4, -0.2) is 33.7 Å². The van der Waals surface area contributed by atoms with Gasteiger partial charge in [-0.2, -0.15) is 0 Å². The summed E-state index contributed by atoms with van der Waals surface area (Å²) in [4.78, 5) is 23.6. The Kier molecular flexibility index (Phi) is 8.26. The molecule has 0 saturated carbocycles. The van der Waals surface area contributed by atoms with Crippen LogP contribution in [0.25, 0.3) is 11.3 Å². The van der Waals surface area contributed by atoms with Gasteiger partial charge >= 0.3 is 0 Å². The van der Waals surface area contributed by atoms with Crippen molar-refractivity contribution in [3.8, 4) is 11.3 Å². The second-order valence-corrected chi connectivity index (χ2v) is 7.59. The summed E-state index contributed by atoms with van der Waals surface area (Å²) in [5, 5.41) is 4.34. The predicted molar refractivity (Wildman–Crippen MR) is 126 cm³/mol. The molecule has 1 aliphatic heterocycles. The van der Waals surface area contributed by atoms with Gasteiger partial charge in [-0.05, 0) is 36.8 Å². The van der Waals surface area contributed by atoms with E-state index in [1.165, 1.54) is 0 Å². The SMILES string of the molecule is CC1CN(c2nc(-c3ccncc3)cc(=O)n2C)C[C@H](c2ccc(Cl)cc2)N1.Cl.Cl. The van der Waals surface area contributed by atoms with Crippen LogP contribution in [0.15, 0.2) is 59.7 Å². The van der Waals surface area contributed by atoms with E-state index in [1.54, 1.807) is 30.1 Å². The first-order valence-electron chi connectivity index (χ1n) is 9.26. The Morgan fingerprint density at radius 2 is 1.73 bits per heavy atom. The number of hydrogen-bond acceptors (Lipinski definition) is 5. The van der Waals surface area contributed by atoms with E-state index >= 15 is 0 Å². The predicted octanol–water partition coefficient (Wildman–Crippen LogP) is 3.88. The van der Waals surface area contributed by atoms with Crippen molar-refractivity contribution in [3.63, 3.8) is 0 Å². The lowest BCUT2D eigenvalue weighted by molar-refractivity contribution is 0.389. The second-order valence-electron chi connectivity index (χ2n) is 7.15. The average molecular weight is 469 g/mol. The van der Waals surface area contributed by atoms with E-state index in [1.807, 2.05) is 36.4 Å². The van der Waals surface area contributed by atoms with Gasteiger partial charge in [-0.15, -0.1) is 24.8 Å². The quantitative estimate of drug-likeness (QED) is 0.632. The van der Waals surface area contributed by atoms with Gasteiger partial charge in [-0.3, -0.25) is 14.3 Å². The van der Waals surface area contributed by atoms with Gasteiger partial charge in [0.15, 0.2) is 0 Å². The molecule has 9 heteroatoms. The molecule has 0 spiro atoms. The number of aromatic nitrogens is 3. The first kappa shape index (κ1) is 24.2. The van der Waals surface area contributed by atoms with E-state index in [-0.39, 0.29) is 42.5 Å². The molecule has 160 valence electrons. The van der Waals surface area contributed by atoms with Crippen LogP contribution in [0, 0.1) is 0 Å². The second kappa shape index (κ2) is 10.3. The van der Waals surface area contributed by atoms with E-state index < -0.39 is 0 Å². The number of piperazine rings is 1. The fourth-order valence-electron chi connectivity index (χ4n) is 3.62. The molecule has 0 radical (unpaired) electrons. The molecule has 1 aromatic carbocycles. The van der Waals surface area contributed by atoms with Crippen LogP contribution in [-0.2, 0) is 7.05 Å². The summed E-state index contributed by atoms with van der Waals surface area (Å²) in [5.41, 5.74) is 2.63. The summed E-state index contributed by atoms with van der Waals surface area (Å²) >= 11 is 6.03. The maximum atomic E-state index is 12.6. The molecule has 0 aliphatic carbocycles. The molecule has 3 heterocycles. The molecule has 2 atom stereocenters. The number of benzene rings is 1. The molecule has 0 bridgehead atoms. The number of nitrogens with zero attached hydrogens (tertiary/aromatic N) is 4. The summed E-state index contributed by atoms with van der Waals surface area (Å²) in [6.07, 6.45) is 3.41. The van der Waals surface area contributed by atoms with E-state index in [2.05, 4.69) is 22.1 Å². The third-order valence-corrected chi connectivity index (χ3v) is 5.28.